The van der Waals surface area contributed by atoms with Gasteiger partial charge in [-0.15, -0.1) is 0 Å². The van der Waals surface area contributed by atoms with Crippen LogP contribution in [0.4, 0.5) is 5.69 Å². The van der Waals surface area contributed by atoms with Crippen LogP contribution in [0.5, 0.6) is 0 Å². The Balaban J connectivity index is 2.50. The van der Waals surface area contributed by atoms with Gasteiger partial charge >= 0.3 is 0 Å². The van der Waals surface area contributed by atoms with E-state index < -0.39 is 0 Å². The topological polar surface area (TPSA) is 26.0 Å². The van der Waals surface area contributed by atoms with Gasteiger partial charge in [-0.3, -0.25) is 0 Å². The Bertz CT molecular complexity index is 483. The maximum absolute atomic E-state index is 6.11. The van der Waals surface area contributed by atoms with Gasteiger partial charge in [-0.05, 0) is 54.3 Å². The van der Waals surface area contributed by atoms with E-state index in [0.29, 0.717) is 0 Å². The number of anilines is 1. The second-order valence-electron chi connectivity index (χ2n) is 4.04. The SMILES string of the molecule is Cc1cc(-c2ccc(C)c(Cl)c2)ccc1N. The van der Waals surface area contributed by atoms with Crippen molar-refractivity contribution in [2.24, 2.45) is 0 Å². The number of benzene rings is 2. The highest BCUT2D eigenvalue weighted by Crippen LogP contribution is 2.27. The zero-order valence-corrected chi connectivity index (χ0v) is 10.2. The van der Waals surface area contributed by atoms with Crippen LogP contribution >= 0.6 is 11.6 Å². The van der Waals surface area contributed by atoms with Gasteiger partial charge in [0.15, 0.2) is 0 Å². The Kier molecular flexibility index (Phi) is 2.88. The van der Waals surface area contributed by atoms with Gasteiger partial charge in [0.2, 0.25) is 0 Å². The van der Waals surface area contributed by atoms with Gasteiger partial charge in [0.25, 0.3) is 0 Å². The summed E-state index contributed by atoms with van der Waals surface area (Å²) in [5, 5.41) is 0.798. The lowest BCUT2D eigenvalue weighted by Gasteiger charge is -2.07. The van der Waals surface area contributed by atoms with E-state index >= 15 is 0 Å². The largest absolute Gasteiger partial charge is 0.399 e. The maximum Gasteiger partial charge on any atom is 0.0441 e. The molecule has 0 amide bonds. The van der Waals surface area contributed by atoms with Crippen LogP contribution in [-0.2, 0) is 0 Å². The molecule has 0 aromatic heterocycles. The molecule has 0 heterocycles. The number of nitrogen functional groups attached to an aromatic ring is 1. The Hall–Kier alpha value is -1.47. The first kappa shape index (κ1) is 11.0. The van der Waals surface area contributed by atoms with Crippen LogP contribution < -0.4 is 5.73 Å². The normalized spacial score (nSPS) is 10.4. The third-order valence-corrected chi connectivity index (χ3v) is 3.18. The molecule has 0 aliphatic rings. The van der Waals surface area contributed by atoms with Crippen molar-refractivity contribution in [3.8, 4) is 11.1 Å². The second kappa shape index (κ2) is 4.18. The van der Waals surface area contributed by atoms with Crippen molar-refractivity contribution < 1.29 is 0 Å². The van der Waals surface area contributed by atoms with Gasteiger partial charge in [0.05, 0.1) is 0 Å². The van der Waals surface area contributed by atoms with Crippen LogP contribution in [0.2, 0.25) is 5.02 Å². The van der Waals surface area contributed by atoms with Crippen molar-refractivity contribution >= 4 is 17.3 Å². The average Bonchev–Trinajstić information content (AvgIpc) is 2.26. The molecular formula is C14H14ClN. The van der Waals surface area contributed by atoms with Gasteiger partial charge in [-0.25, -0.2) is 0 Å². The highest BCUT2D eigenvalue weighted by molar-refractivity contribution is 6.31. The molecule has 0 radical (unpaired) electrons. The minimum atomic E-state index is 0.798. The molecule has 82 valence electrons. The lowest BCUT2D eigenvalue weighted by Crippen LogP contribution is -1.89. The predicted molar refractivity (Wildman–Crippen MR) is 70.8 cm³/mol. The number of nitrogens with two attached hydrogens (primary N) is 1. The molecule has 2 aromatic rings. The summed E-state index contributed by atoms with van der Waals surface area (Å²) in [6, 6.07) is 12.1. The summed E-state index contributed by atoms with van der Waals surface area (Å²) in [7, 11) is 0. The van der Waals surface area contributed by atoms with E-state index in [4.69, 9.17) is 17.3 Å². The first-order valence-corrected chi connectivity index (χ1v) is 5.58. The minimum Gasteiger partial charge on any atom is -0.399 e. The molecule has 0 aliphatic carbocycles. The highest BCUT2D eigenvalue weighted by Gasteiger charge is 2.02. The molecule has 0 spiro atoms. The van der Waals surface area contributed by atoms with E-state index in [1.54, 1.807) is 0 Å². The summed E-state index contributed by atoms with van der Waals surface area (Å²) in [5.74, 6) is 0. The van der Waals surface area contributed by atoms with Gasteiger partial charge in [-0.2, -0.15) is 0 Å². The fourth-order valence-electron chi connectivity index (χ4n) is 1.63. The average molecular weight is 232 g/mol. The van der Waals surface area contributed by atoms with E-state index in [2.05, 4.69) is 12.1 Å². The first-order chi connectivity index (χ1) is 7.58. The zero-order valence-electron chi connectivity index (χ0n) is 9.42. The molecule has 1 nitrogen and oxygen atoms in total. The monoisotopic (exact) mass is 231 g/mol. The molecule has 2 heteroatoms. The van der Waals surface area contributed by atoms with Gasteiger partial charge in [0, 0.05) is 10.7 Å². The Morgan fingerprint density at radius 2 is 1.50 bits per heavy atom. The number of hydrogen-bond acceptors (Lipinski definition) is 1. The molecule has 0 saturated heterocycles. The summed E-state index contributed by atoms with van der Waals surface area (Å²) in [6.45, 7) is 4.01. The fraction of sp³-hybridized carbons (Fsp3) is 0.143. The summed E-state index contributed by atoms with van der Waals surface area (Å²) in [4.78, 5) is 0. The van der Waals surface area contributed by atoms with E-state index in [-0.39, 0.29) is 0 Å². The Morgan fingerprint density at radius 3 is 2.12 bits per heavy atom. The van der Waals surface area contributed by atoms with Crippen LogP contribution in [0.15, 0.2) is 36.4 Å². The molecule has 2 rings (SSSR count). The van der Waals surface area contributed by atoms with E-state index in [1.165, 1.54) is 0 Å². The number of halogens is 1. The lowest BCUT2D eigenvalue weighted by molar-refractivity contribution is 1.44. The molecule has 16 heavy (non-hydrogen) atoms. The minimum absolute atomic E-state index is 0.798. The van der Waals surface area contributed by atoms with Crippen molar-refractivity contribution in [3.63, 3.8) is 0 Å². The van der Waals surface area contributed by atoms with Crippen molar-refractivity contribution in [2.75, 3.05) is 5.73 Å². The van der Waals surface area contributed by atoms with Crippen LogP contribution in [0, 0.1) is 13.8 Å². The molecule has 2 aromatic carbocycles. The van der Waals surface area contributed by atoms with Crippen molar-refractivity contribution in [3.05, 3.63) is 52.5 Å². The molecule has 0 saturated carbocycles. The van der Waals surface area contributed by atoms with E-state index in [0.717, 1.165) is 33.0 Å². The van der Waals surface area contributed by atoms with E-state index in [1.807, 2.05) is 38.1 Å². The molecule has 0 bridgehead atoms. The highest BCUT2D eigenvalue weighted by atomic mass is 35.5. The van der Waals surface area contributed by atoms with Crippen molar-refractivity contribution in [2.45, 2.75) is 13.8 Å². The van der Waals surface area contributed by atoms with Crippen LogP contribution in [0.1, 0.15) is 11.1 Å². The molecule has 0 fully saturated rings. The Morgan fingerprint density at radius 1 is 0.875 bits per heavy atom. The molecular weight excluding hydrogens is 218 g/mol. The summed E-state index contributed by atoms with van der Waals surface area (Å²) in [6.07, 6.45) is 0. The Labute approximate surface area is 101 Å². The fourth-order valence-corrected chi connectivity index (χ4v) is 1.81. The lowest BCUT2D eigenvalue weighted by atomic mass is 10.0. The number of hydrogen-bond donors (Lipinski definition) is 1. The summed E-state index contributed by atoms with van der Waals surface area (Å²) < 4.78 is 0. The van der Waals surface area contributed by atoms with Crippen LogP contribution in [-0.4, -0.2) is 0 Å². The third-order valence-electron chi connectivity index (χ3n) is 2.77. The quantitative estimate of drug-likeness (QED) is 0.732. The van der Waals surface area contributed by atoms with Gasteiger partial charge in [0.1, 0.15) is 0 Å². The predicted octanol–water partition coefficient (Wildman–Crippen LogP) is 4.21. The third kappa shape index (κ3) is 2.05. The summed E-state index contributed by atoms with van der Waals surface area (Å²) >= 11 is 6.11. The number of rotatable bonds is 1. The first-order valence-electron chi connectivity index (χ1n) is 5.20. The smallest absolute Gasteiger partial charge is 0.0441 e. The van der Waals surface area contributed by atoms with Gasteiger partial charge in [-0.1, -0.05) is 29.8 Å². The van der Waals surface area contributed by atoms with Crippen molar-refractivity contribution in [1.29, 1.82) is 0 Å². The molecule has 0 atom stereocenters. The molecule has 2 N–H and O–H groups in total. The molecule has 0 unspecified atom stereocenters. The second-order valence-corrected chi connectivity index (χ2v) is 4.44. The maximum atomic E-state index is 6.11. The zero-order chi connectivity index (χ0) is 11.7. The standard InChI is InChI=1S/C14H14ClN/c1-9-3-4-12(8-13(9)15)11-5-6-14(16)10(2)7-11/h3-8H,16H2,1-2H3. The molecule has 0 aliphatic heterocycles. The van der Waals surface area contributed by atoms with E-state index in [9.17, 15) is 0 Å². The van der Waals surface area contributed by atoms with Crippen LogP contribution in [0.25, 0.3) is 11.1 Å². The van der Waals surface area contributed by atoms with Crippen molar-refractivity contribution in [1.82, 2.24) is 0 Å². The summed E-state index contributed by atoms with van der Waals surface area (Å²) in [5.41, 5.74) is 11.1. The number of aryl methyl sites for hydroxylation is 2. The van der Waals surface area contributed by atoms with Gasteiger partial charge < -0.3 is 5.73 Å². The van der Waals surface area contributed by atoms with Crippen LogP contribution in [0.3, 0.4) is 0 Å².